The van der Waals surface area contributed by atoms with E-state index in [2.05, 4.69) is 24.0 Å². The average Bonchev–Trinajstić information content (AvgIpc) is 2.66. The van der Waals surface area contributed by atoms with Crippen LogP contribution in [0.3, 0.4) is 0 Å². The van der Waals surface area contributed by atoms with Crippen LogP contribution >= 0.6 is 0 Å². The lowest BCUT2D eigenvalue weighted by Crippen LogP contribution is -2.35. The molecule has 0 aliphatic rings. The summed E-state index contributed by atoms with van der Waals surface area (Å²) in [5.74, 6) is 0.396. The van der Waals surface area contributed by atoms with Crippen molar-refractivity contribution in [2.24, 2.45) is 0 Å². The monoisotopic (exact) mass is 355 g/mol. The molecule has 1 atom stereocenters. The zero-order valence-electron chi connectivity index (χ0n) is 16.0. The molecule has 26 heavy (non-hydrogen) atoms. The van der Waals surface area contributed by atoms with Crippen LogP contribution in [0, 0.1) is 0 Å². The number of likely N-dealkylation sites (N-methyl/N-ethyl adjacent to an activating group) is 1. The molecule has 0 bridgehead atoms. The highest BCUT2D eigenvalue weighted by molar-refractivity contribution is 5.89. The molecule has 4 nitrogen and oxygen atoms in total. The zero-order valence-corrected chi connectivity index (χ0v) is 16.0. The smallest absolute Gasteiger partial charge is 0.338 e. The molecule has 0 heterocycles. The van der Waals surface area contributed by atoms with Crippen LogP contribution in [0.4, 0.5) is 0 Å². The number of esters is 1. The van der Waals surface area contributed by atoms with E-state index in [0.29, 0.717) is 24.5 Å². The number of unbranched alkanes of at least 4 members (excludes halogenated alkanes) is 1. The Balaban J connectivity index is 1.92. The Hall–Kier alpha value is -2.33. The topological polar surface area (TPSA) is 38.8 Å². The van der Waals surface area contributed by atoms with Crippen LogP contribution in [0.25, 0.3) is 0 Å². The van der Waals surface area contributed by atoms with Gasteiger partial charge < -0.3 is 14.4 Å². The van der Waals surface area contributed by atoms with Crippen molar-refractivity contribution < 1.29 is 14.3 Å². The van der Waals surface area contributed by atoms with Crippen LogP contribution in [0.5, 0.6) is 5.75 Å². The molecule has 0 aliphatic heterocycles. The summed E-state index contributed by atoms with van der Waals surface area (Å²) in [4.78, 5) is 14.5. The number of hydrogen-bond acceptors (Lipinski definition) is 4. The summed E-state index contributed by atoms with van der Waals surface area (Å²) in [5.41, 5.74) is 1.75. The number of nitrogens with zero attached hydrogens (tertiary/aromatic N) is 1. The molecule has 4 heteroatoms. The predicted molar refractivity (Wildman–Crippen MR) is 105 cm³/mol. The van der Waals surface area contributed by atoms with E-state index in [1.54, 1.807) is 12.1 Å². The van der Waals surface area contributed by atoms with Crippen molar-refractivity contribution in [3.05, 3.63) is 65.7 Å². The molecule has 0 fully saturated rings. The van der Waals surface area contributed by atoms with Crippen molar-refractivity contribution in [1.82, 2.24) is 4.90 Å². The van der Waals surface area contributed by atoms with Gasteiger partial charge in [-0.25, -0.2) is 4.79 Å². The quantitative estimate of drug-likeness (QED) is 0.473. The molecule has 0 saturated carbocycles. The molecule has 2 rings (SSSR count). The van der Waals surface area contributed by atoms with E-state index in [9.17, 15) is 4.79 Å². The molecule has 2 aromatic carbocycles. The highest BCUT2D eigenvalue weighted by Gasteiger charge is 2.16. The first-order valence-corrected chi connectivity index (χ1v) is 9.20. The molecular weight excluding hydrogens is 326 g/mol. The number of ether oxygens (including phenoxy) is 2. The minimum Gasteiger partial charge on any atom is -0.494 e. The normalized spacial score (nSPS) is 12.0. The van der Waals surface area contributed by atoms with Gasteiger partial charge in [-0.05, 0) is 50.7 Å². The third-order valence-electron chi connectivity index (χ3n) is 4.29. The highest BCUT2D eigenvalue weighted by atomic mass is 16.5. The highest BCUT2D eigenvalue weighted by Crippen LogP contribution is 2.15. The molecule has 0 N–H and O–H groups in total. The lowest BCUT2D eigenvalue weighted by Gasteiger charge is -2.24. The standard InChI is InChI=1S/C22H29NO3/c1-4-5-14-25-21-13-9-12-19(16-21)22(24)26-17-20(23(2)3)15-18-10-7-6-8-11-18/h6-13,16,20H,4-5,14-15,17H2,1-3H3/t20-/m0/s1. The summed E-state index contributed by atoms with van der Waals surface area (Å²) in [5, 5.41) is 0. The minimum atomic E-state index is -0.314. The van der Waals surface area contributed by atoms with Gasteiger partial charge in [-0.3, -0.25) is 0 Å². The Labute approximate surface area is 156 Å². The van der Waals surface area contributed by atoms with Crippen LogP contribution in [-0.2, 0) is 11.2 Å². The summed E-state index contributed by atoms with van der Waals surface area (Å²) in [6, 6.07) is 17.6. The number of benzene rings is 2. The van der Waals surface area contributed by atoms with Gasteiger partial charge in [-0.1, -0.05) is 49.7 Å². The number of hydrogen-bond donors (Lipinski definition) is 0. The van der Waals surface area contributed by atoms with Crippen LogP contribution in [-0.4, -0.2) is 44.2 Å². The summed E-state index contributed by atoms with van der Waals surface area (Å²) < 4.78 is 11.2. The van der Waals surface area contributed by atoms with Crippen molar-refractivity contribution in [3.8, 4) is 5.75 Å². The van der Waals surface area contributed by atoms with Crippen molar-refractivity contribution in [1.29, 1.82) is 0 Å². The number of carbonyl (C=O) groups excluding carboxylic acids is 1. The lowest BCUT2D eigenvalue weighted by molar-refractivity contribution is 0.0400. The van der Waals surface area contributed by atoms with Crippen molar-refractivity contribution in [3.63, 3.8) is 0 Å². The van der Waals surface area contributed by atoms with E-state index in [-0.39, 0.29) is 12.0 Å². The third-order valence-corrected chi connectivity index (χ3v) is 4.29. The molecule has 0 saturated heterocycles. The lowest BCUT2D eigenvalue weighted by atomic mass is 10.1. The second kappa shape index (κ2) is 10.6. The van der Waals surface area contributed by atoms with E-state index in [1.807, 2.05) is 44.4 Å². The second-order valence-corrected chi connectivity index (χ2v) is 6.64. The maximum atomic E-state index is 12.4. The Morgan fingerprint density at radius 2 is 1.85 bits per heavy atom. The first-order valence-electron chi connectivity index (χ1n) is 9.20. The molecule has 0 aliphatic carbocycles. The Morgan fingerprint density at radius 1 is 1.08 bits per heavy atom. The van der Waals surface area contributed by atoms with Gasteiger partial charge in [0.25, 0.3) is 0 Å². The Bertz CT molecular complexity index is 670. The fourth-order valence-electron chi connectivity index (χ4n) is 2.58. The van der Waals surface area contributed by atoms with Gasteiger partial charge in [0.2, 0.25) is 0 Å². The van der Waals surface area contributed by atoms with Gasteiger partial charge in [0.05, 0.1) is 12.2 Å². The van der Waals surface area contributed by atoms with E-state index >= 15 is 0 Å². The molecular formula is C22H29NO3. The molecule has 0 unspecified atom stereocenters. The Kier molecular flexibility index (Phi) is 8.16. The van der Waals surface area contributed by atoms with Crippen molar-refractivity contribution in [2.45, 2.75) is 32.2 Å². The maximum absolute atomic E-state index is 12.4. The fraction of sp³-hybridized carbons (Fsp3) is 0.409. The van der Waals surface area contributed by atoms with Gasteiger partial charge in [0, 0.05) is 6.04 Å². The van der Waals surface area contributed by atoms with Gasteiger partial charge in [-0.15, -0.1) is 0 Å². The first-order chi connectivity index (χ1) is 12.6. The SMILES string of the molecule is CCCCOc1cccc(C(=O)OC[C@H](Cc2ccccc2)N(C)C)c1. The molecule has 0 radical (unpaired) electrons. The molecule has 0 spiro atoms. The zero-order chi connectivity index (χ0) is 18.8. The Morgan fingerprint density at radius 3 is 2.54 bits per heavy atom. The summed E-state index contributed by atoms with van der Waals surface area (Å²) in [7, 11) is 4.01. The fourth-order valence-corrected chi connectivity index (χ4v) is 2.58. The van der Waals surface area contributed by atoms with Gasteiger partial charge >= 0.3 is 5.97 Å². The van der Waals surface area contributed by atoms with E-state index < -0.39 is 0 Å². The number of rotatable bonds is 10. The van der Waals surface area contributed by atoms with Gasteiger partial charge in [0.1, 0.15) is 12.4 Å². The van der Waals surface area contributed by atoms with E-state index in [1.165, 1.54) is 5.56 Å². The maximum Gasteiger partial charge on any atom is 0.338 e. The first kappa shape index (κ1) is 20.0. The molecule has 0 amide bonds. The average molecular weight is 355 g/mol. The second-order valence-electron chi connectivity index (χ2n) is 6.64. The van der Waals surface area contributed by atoms with Crippen molar-refractivity contribution >= 4 is 5.97 Å². The predicted octanol–water partition coefficient (Wildman–Crippen LogP) is 4.20. The number of carbonyl (C=O) groups is 1. The molecule has 0 aromatic heterocycles. The van der Waals surface area contributed by atoms with Crippen LogP contribution in [0.1, 0.15) is 35.7 Å². The minimum absolute atomic E-state index is 0.130. The van der Waals surface area contributed by atoms with E-state index in [0.717, 1.165) is 19.3 Å². The van der Waals surface area contributed by atoms with Crippen LogP contribution in [0.15, 0.2) is 54.6 Å². The third kappa shape index (κ3) is 6.52. The van der Waals surface area contributed by atoms with Gasteiger partial charge in [-0.2, -0.15) is 0 Å². The van der Waals surface area contributed by atoms with Crippen molar-refractivity contribution in [2.75, 3.05) is 27.3 Å². The van der Waals surface area contributed by atoms with Crippen LogP contribution in [0.2, 0.25) is 0 Å². The summed E-state index contributed by atoms with van der Waals surface area (Å²) in [6.45, 7) is 3.13. The summed E-state index contributed by atoms with van der Waals surface area (Å²) in [6.07, 6.45) is 2.91. The van der Waals surface area contributed by atoms with E-state index in [4.69, 9.17) is 9.47 Å². The molecule has 140 valence electrons. The van der Waals surface area contributed by atoms with Crippen LogP contribution < -0.4 is 4.74 Å². The summed E-state index contributed by atoms with van der Waals surface area (Å²) >= 11 is 0. The largest absolute Gasteiger partial charge is 0.494 e. The molecule has 2 aromatic rings. The van der Waals surface area contributed by atoms with Gasteiger partial charge in [0.15, 0.2) is 0 Å².